The largest absolute Gasteiger partial charge is 0.395 e. The molecule has 11 heavy (non-hydrogen) atoms. The minimum Gasteiger partial charge on any atom is -0.395 e. The maximum atomic E-state index is 8.89. The quantitative estimate of drug-likeness (QED) is 0.584. The molecule has 1 saturated heterocycles. The number of nitrogens with two attached hydrogens (primary N) is 1. The van der Waals surface area contributed by atoms with Crippen LogP contribution in [0.2, 0.25) is 0 Å². The zero-order valence-corrected chi connectivity index (χ0v) is 7.16. The number of nitrogens with zero attached hydrogens (tertiary/aromatic N) is 1. The van der Waals surface area contributed by atoms with Crippen molar-refractivity contribution in [3.05, 3.63) is 0 Å². The van der Waals surface area contributed by atoms with Crippen LogP contribution in [-0.4, -0.2) is 41.8 Å². The van der Waals surface area contributed by atoms with Gasteiger partial charge < -0.3 is 10.8 Å². The summed E-state index contributed by atoms with van der Waals surface area (Å²) in [7, 11) is 0. The maximum absolute atomic E-state index is 8.89. The highest BCUT2D eigenvalue weighted by Crippen LogP contribution is 2.10. The predicted octanol–water partition coefficient (Wildman–Crippen LogP) is -0.210. The molecule has 3 N–H and O–H groups in total. The Morgan fingerprint density at radius 3 is 3.00 bits per heavy atom. The lowest BCUT2D eigenvalue weighted by Crippen LogP contribution is -2.47. The number of likely N-dealkylation sites (tertiary alicyclic amines) is 1. The minimum absolute atomic E-state index is 0.243. The Labute approximate surface area is 68.2 Å². The van der Waals surface area contributed by atoms with Gasteiger partial charge in [0.2, 0.25) is 0 Å². The molecule has 0 aliphatic carbocycles. The Morgan fingerprint density at radius 2 is 2.45 bits per heavy atom. The summed E-state index contributed by atoms with van der Waals surface area (Å²) in [6, 6.07) is 0.596. The van der Waals surface area contributed by atoms with E-state index in [1.54, 1.807) is 0 Å². The normalized spacial score (nSPS) is 30.3. The molecular weight excluding hydrogens is 140 g/mol. The third-order valence-electron chi connectivity index (χ3n) is 2.38. The molecule has 0 spiro atoms. The zero-order valence-electron chi connectivity index (χ0n) is 7.16. The molecule has 0 saturated carbocycles. The van der Waals surface area contributed by atoms with E-state index in [2.05, 4.69) is 4.90 Å². The first-order valence-corrected chi connectivity index (χ1v) is 4.34. The molecule has 2 atom stereocenters. The highest BCUT2D eigenvalue weighted by atomic mass is 16.3. The van der Waals surface area contributed by atoms with Crippen LogP contribution >= 0.6 is 0 Å². The third-order valence-corrected chi connectivity index (χ3v) is 2.38. The van der Waals surface area contributed by atoms with Gasteiger partial charge in [-0.25, -0.2) is 0 Å². The van der Waals surface area contributed by atoms with E-state index < -0.39 is 0 Å². The van der Waals surface area contributed by atoms with E-state index in [0.29, 0.717) is 6.04 Å². The van der Waals surface area contributed by atoms with Crippen molar-refractivity contribution in [1.29, 1.82) is 0 Å². The molecule has 0 aromatic heterocycles. The number of aliphatic hydroxyl groups is 1. The summed E-state index contributed by atoms with van der Waals surface area (Å²) in [5, 5.41) is 8.89. The number of piperidine rings is 1. The maximum Gasteiger partial charge on any atom is 0.0584 e. The van der Waals surface area contributed by atoms with Crippen LogP contribution in [0.4, 0.5) is 0 Å². The molecule has 1 aliphatic heterocycles. The highest BCUT2D eigenvalue weighted by molar-refractivity contribution is 4.78. The Bertz CT molecular complexity index is 119. The Kier molecular flexibility index (Phi) is 3.30. The fourth-order valence-electron chi connectivity index (χ4n) is 1.56. The van der Waals surface area contributed by atoms with Crippen LogP contribution in [0.15, 0.2) is 0 Å². The van der Waals surface area contributed by atoms with Crippen molar-refractivity contribution in [2.24, 2.45) is 5.73 Å². The van der Waals surface area contributed by atoms with E-state index >= 15 is 0 Å². The van der Waals surface area contributed by atoms with Crippen molar-refractivity contribution < 1.29 is 5.11 Å². The fourth-order valence-corrected chi connectivity index (χ4v) is 1.56. The summed E-state index contributed by atoms with van der Waals surface area (Å²) >= 11 is 0. The molecule has 1 fully saturated rings. The molecule has 1 rings (SSSR count). The van der Waals surface area contributed by atoms with Gasteiger partial charge in [-0.05, 0) is 26.3 Å². The number of aliphatic hydroxyl groups excluding tert-OH is 1. The lowest BCUT2D eigenvalue weighted by molar-refractivity contribution is 0.107. The molecule has 0 aromatic rings. The van der Waals surface area contributed by atoms with Crippen molar-refractivity contribution in [3.8, 4) is 0 Å². The van der Waals surface area contributed by atoms with Crippen LogP contribution in [0.25, 0.3) is 0 Å². The fraction of sp³-hybridized carbons (Fsp3) is 1.00. The van der Waals surface area contributed by atoms with Gasteiger partial charge in [0.25, 0.3) is 0 Å². The molecule has 3 nitrogen and oxygen atoms in total. The van der Waals surface area contributed by atoms with Crippen molar-refractivity contribution in [1.82, 2.24) is 4.90 Å². The van der Waals surface area contributed by atoms with Gasteiger partial charge in [0.1, 0.15) is 0 Å². The van der Waals surface area contributed by atoms with Gasteiger partial charge in [-0.15, -0.1) is 0 Å². The molecule has 0 bridgehead atoms. The van der Waals surface area contributed by atoms with E-state index in [1.807, 2.05) is 6.92 Å². The van der Waals surface area contributed by atoms with Gasteiger partial charge in [0.15, 0.2) is 0 Å². The third kappa shape index (κ3) is 2.43. The molecule has 0 unspecified atom stereocenters. The van der Waals surface area contributed by atoms with Crippen molar-refractivity contribution in [3.63, 3.8) is 0 Å². The molecular formula is C8H18N2O. The molecule has 3 heteroatoms. The SMILES string of the molecule is C[C@@H](CO)N1CCC[C@@H](N)C1. The average molecular weight is 158 g/mol. The van der Waals surface area contributed by atoms with Crippen LogP contribution in [0.3, 0.4) is 0 Å². The first-order chi connectivity index (χ1) is 5.24. The summed E-state index contributed by atoms with van der Waals surface area (Å²) in [6.07, 6.45) is 2.31. The smallest absolute Gasteiger partial charge is 0.0584 e. The molecule has 0 amide bonds. The summed E-state index contributed by atoms with van der Waals surface area (Å²) < 4.78 is 0. The summed E-state index contributed by atoms with van der Waals surface area (Å²) in [6.45, 7) is 4.32. The Balaban J connectivity index is 2.33. The van der Waals surface area contributed by atoms with Gasteiger partial charge in [-0.3, -0.25) is 4.90 Å². The van der Waals surface area contributed by atoms with E-state index in [9.17, 15) is 0 Å². The van der Waals surface area contributed by atoms with Crippen molar-refractivity contribution >= 4 is 0 Å². The second-order valence-electron chi connectivity index (χ2n) is 3.43. The van der Waals surface area contributed by atoms with Crippen molar-refractivity contribution in [2.75, 3.05) is 19.7 Å². The van der Waals surface area contributed by atoms with E-state index in [0.717, 1.165) is 19.5 Å². The van der Waals surface area contributed by atoms with E-state index in [1.165, 1.54) is 6.42 Å². The van der Waals surface area contributed by atoms with Gasteiger partial charge in [-0.2, -0.15) is 0 Å². The second-order valence-corrected chi connectivity index (χ2v) is 3.43. The predicted molar refractivity (Wildman–Crippen MR) is 45.3 cm³/mol. The Morgan fingerprint density at radius 1 is 1.73 bits per heavy atom. The average Bonchev–Trinajstić information content (AvgIpc) is 2.03. The standard InChI is InChI=1S/C8H18N2O/c1-7(6-11)10-4-2-3-8(9)5-10/h7-8,11H,2-6,9H2,1H3/t7-,8+/m0/s1. The van der Waals surface area contributed by atoms with E-state index in [-0.39, 0.29) is 12.6 Å². The van der Waals surface area contributed by atoms with Crippen molar-refractivity contribution in [2.45, 2.75) is 31.8 Å². The molecule has 66 valence electrons. The lowest BCUT2D eigenvalue weighted by atomic mass is 10.1. The van der Waals surface area contributed by atoms with Gasteiger partial charge in [0.05, 0.1) is 6.61 Å². The Hall–Kier alpha value is -0.120. The first kappa shape index (κ1) is 8.97. The molecule has 1 aliphatic rings. The van der Waals surface area contributed by atoms with Crippen LogP contribution in [0, 0.1) is 0 Å². The number of hydrogen-bond acceptors (Lipinski definition) is 3. The van der Waals surface area contributed by atoms with Gasteiger partial charge in [0, 0.05) is 18.6 Å². The molecule has 1 heterocycles. The zero-order chi connectivity index (χ0) is 8.27. The van der Waals surface area contributed by atoms with Crippen LogP contribution in [0.1, 0.15) is 19.8 Å². The molecule has 0 radical (unpaired) electrons. The topological polar surface area (TPSA) is 49.5 Å². The van der Waals surface area contributed by atoms with Gasteiger partial charge >= 0.3 is 0 Å². The van der Waals surface area contributed by atoms with Gasteiger partial charge in [-0.1, -0.05) is 0 Å². The van der Waals surface area contributed by atoms with Crippen LogP contribution in [-0.2, 0) is 0 Å². The van der Waals surface area contributed by atoms with Crippen LogP contribution < -0.4 is 5.73 Å². The lowest BCUT2D eigenvalue weighted by Gasteiger charge is -2.34. The first-order valence-electron chi connectivity index (χ1n) is 4.34. The summed E-state index contributed by atoms with van der Waals surface area (Å²) in [4.78, 5) is 2.26. The summed E-state index contributed by atoms with van der Waals surface area (Å²) in [5.41, 5.74) is 5.79. The summed E-state index contributed by atoms with van der Waals surface area (Å²) in [5.74, 6) is 0. The monoisotopic (exact) mass is 158 g/mol. The van der Waals surface area contributed by atoms with Crippen LogP contribution in [0.5, 0.6) is 0 Å². The number of rotatable bonds is 2. The second kappa shape index (κ2) is 4.04. The number of hydrogen-bond donors (Lipinski definition) is 2. The minimum atomic E-state index is 0.243. The van der Waals surface area contributed by atoms with E-state index in [4.69, 9.17) is 10.8 Å². The highest BCUT2D eigenvalue weighted by Gasteiger charge is 2.19. The molecule has 0 aromatic carbocycles.